The lowest BCUT2D eigenvalue weighted by Crippen LogP contribution is -2.42. The summed E-state index contributed by atoms with van der Waals surface area (Å²) in [6, 6.07) is 6.80. The van der Waals surface area contributed by atoms with E-state index in [9.17, 15) is 15.0 Å². The Morgan fingerprint density at radius 2 is 1.96 bits per heavy atom. The molecule has 0 atom stereocenters. The van der Waals surface area contributed by atoms with Crippen molar-refractivity contribution >= 4 is 23.4 Å². The summed E-state index contributed by atoms with van der Waals surface area (Å²) in [5.41, 5.74) is 0.620. The fourth-order valence-electron chi connectivity index (χ4n) is 3.70. The van der Waals surface area contributed by atoms with Crippen molar-refractivity contribution in [2.75, 3.05) is 24.6 Å². The number of benzene rings is 1. The number of piperidine rings is 1. The lowest BCUT2D eigenvalue weighted by molar-refractivity contribution is 0.0696. The highest BCUT2D eigenvalue weighted by atomic mass is 35.5. The molecule has 6 nitrogen and oxygen atoms in total. The Balaban J connectivity index is 1.88. The number of carboxylic acid groups (broad SMARTS) is 1. The van der Waals surface area contributed by atoms with Gasteiger partial charge in [0.05, 0.1) is 0 Å². The van der Waals surface area contributed by atoms with Gasteiger partial charge in [-0.1, -0.05) is 30.1 Å². The Morgan fingerprint density at radius 1 is 1.31 bits per heavy atom. The molecule has 0 radical (unpaired) electrons. The van der Waals surface area contributed by atoms with Crippen molar-refractivity contribution in [2.24, 2.45) is 5.41 Å². The van der Waals surface area contributed by atoms with E-state index in [4.69, 9.17) is 16.1 Å². The number of aliphatic hydroxyl groups is 1. The molecule has 1 aliphatic heterocycles. The molecule has 1 aromatic heterocycles. The molecule has 1 aromatic carbocycles. The average molecular weight is 379 g/mol. The number of aliphatic hydroxyl groups excluding tert-OH is 1. The number of aromatic carboxylic acids is 1. The van der Waals surface area contributed by atoms with Gasteiger partial charge < -0.3 is 19.6 Å². The Morgan fingerprint density at radius 3 is 2.50 bits per heavy atom. The molecule has 1 aliphatic rings. The minimum atomic E-state index is -1.07. The highest BCUT2D eigenvalue weighted by Crippen LogP contribution is 2.39. The summed E-state index contributed by atoms with van der Waals surface area (Å²) in [6.45, 7) is 3.57. The molecule has 1 fully saturated rings. The van der Waals surface area contributed by atoms with Crippen molar-refractivity contribution < 1.29 is 19.5 Å². The molecule has 140 valence electrons. The van der Waals surface area contributed by atoms with Crippen molar-refractivity contribution in [3.05, 3.63) is 34.9 Å². The maximum Gasteiger partial charge on any atom is 0.343 e. The van der Waals surface area contributed by atoms with Crippen LogP contribution in [0.2, 0.25) is 5.02 Å². The molecular formula is C19H23ClN2O4. The van der Waals surface area contributed by atoms with Gasteiger partial charge in [0.2, 0.25) is 0 Å². The van der Waals surface area contributed by atoms with Crippen molar-refractivity contribution in [1.82, 2.24) is 5.16 Å². The number of anilines is 1. The lowest BCUT2D eigenvalue weighted by atomic mass is 9.75. The van der Waals surface area contributed by atoms with Crippen LogP contribution in [0, 0.1) is 5.41 Å². The zero-order valence-corrected chi connectivity index (χ0v) is 15.5. The molecule has 0 spiro atoms. The van der Waals surface area contributed by atoms with Gasteiger partial charge in [0.1, 0.15) is 0 Å². The molecule has 0 amide bonds. The van der Waals surface area contributed by atoms with Gasteiger partial charge in [-0.2, -0.15) is 0 Å². The van der Waals surface area contributed by atoms with Crippen molar-refractivity contribution in [1.29, 1.82) is 0 Å². The predicted molar refractivity (Wildman–Crippen MR) is 99.8 cm³/mol. The number of halogens is 1. The summed E-state index contributed by atoms with van der Waals surface area (Å²) < 4.78 is 5.40. The summed E-state index contributed by atoms with van der Waals surface area (Å²) in [6.07, 6.45) is 3.60. The SMILES string of the molecule is CCCC1(CO)CCN(c2noc(-c3ccc(Cl)cc3)c2C(=O)O)CC1. The zero-order valence-electron chi connectivity index (χ0n) is 14.7. The third-order valence-corrected chi connectivity index (χ3v) is 5.49. The van der Waals surface area contributed by atoms with Crippen LogP contribution in [-0.4, -0.2) is 41.0 Å². The number of rotatable bonds is 6. The second-order valence-electron chi connectivity index (χ2n) is 6.92. The highest BCUT2D eigenvalue weighted by molar-refractivity contribution is 6.30. The minimum Gasteiger partial charge on any atom is -0.477 e. The molecule has 0 aliphatic carbocycles. The number of carbonyl (C=O) groups is 1. The summed E-state index contributed by atoms with van der Waals surface area (Å²) in [5.74, 6) is -0.485. The van der Waals surface area contributed by atoms with E-state index >= 15 is 0 Å². The number of hydrogen-bond acceptors (Lipinski definition) is 5. The molecule has 0 saturated carbocycles. The molecule has 0 unspecified atom stereocenters. The predicted octanol–water partition coefficient (Wildman–Crippen LogP) is 4.07. The van der Waals surface area contributed by atoms with Crippen LogP contribution in [0.1, 0.15) is 43.0 Å². The Kier molecular flexibility index (Phi) is 5.53. The van der Waals surface area contributed by atoms with Crippen LogP contribution in [0.25, 0.3) is 11.3 Å². The van der Waals surface area contributed by atoms with E-state index in [0.717, 1.165) is 25.7 Å². The third-order valence-electron chi connectivity index (χ3n) is 5.23. The Bertz CT molecular complexity index is 764. The lowest BCUT2D eigenvalue weighted by Gasteiger charge is -2.40. The fourth-order valence-corrected chi connectivity index (χ4v) is 3.82. The van der Waals surface area contributed by atoms with E-state index in [-0.39, 0.29) is 23.3 Å². The number of aromatic nitrogens is 1. The summed E-state index contributed by atoms with van der Waals surface area (Å²) >= 11 is 5.90. The first kappa shape index (κ1) is 18.7. The normalized spacial score (nSPS) is 16.7. The average Bonchev–Trinajstić information content (AvgIpc) is 3.08. The first-order chi connectivity index (χ1) is 12.5. The molecule has 26 heavy (non-hydrogen) atoms. The quantitative estimate of drug-likeness (QED) is 0.787. The Labute approximate surface area is 157 Å². The van der Waals surface area contributed by atoms with Gasteiger partial charge in [-0.25, -0.2) is 4.79 Å². The molecule has 7 heteroatoms. The van der Waals surface area contributed by atoms with E-state index in [1.807, 2.05) is 4.90 Å². The van der Waals surface area contributed by atoms with Gasteiger partial charge in [0, 0.05) is 30.3 Å². The van der Waals surface area contributed by atoms with Crippen molar-refractivity contribution in [3.63, 3.8) is 0 Å². The van der Waals surface area contributed by atoms with Crippen molar-refractivity contribution in [2.45, 2.75) is 32.6 Å². The molecule has 2 N–H and O–H groups in total. The summed E-state index contributed by atoms with van der Waals surface area (Å²) in [4.78, 5) is 13.8. The van der Waals surface area contributed by atoms with Crippen molar-refractivity contribution in [3.8, 4) is 11.3 Å². The standard InChI is InChI=1S/C19H23ClN2O4/c1-2-7-19(12-23)8-10-22(11-9-19)17-15(18(24)25)16(26-21-17)13-3-5-14(20)6-4-13/h3-6,23H,2,7-12H2,1H3,(H,24,25). The number of hydrogen-bond donors (Lipinski definition) is 2. The van der Waals surface area contributed by atoms with Crippen LogP contribution in [0.15, 0.2) is 28.8 Å². The van der Waals surface area contributed by atoms with Crippen LogP contribution in [0.3, 0.4) is 0 Å². The summed E-state index contributed by atoms with van der Waals surface area (Å²) in [7, 11) is 0. The summed E-state index contributed by atoms with van der Waals surface area (Å²) in [5, 5.41) is 24.1. The fraction of sp³-hybridized carbons (Fsp3) is 0.474. The van der Waals surface area contributed by atoms with Crippen LogP contribution in [-0.2, 0) is 0 Å². The van der Waals surface area contributed by atoms with Gasteiger partial charge in [-0.05, 0) is 48.9 Å². The van der Waals surface area contributed by atoms with Crippen LogP contribution in [0.4, 0.5) is 5.82 Å². The van der Waals surface area contributed by atoms with Crippen LogP contribution in [0.5, 0.6) is 0 Å². The highest BCUT2D eigenvalue weighted by Gasteiger charge is 2.36. The Hall–Kier alpha value is -2.05. The first-order valence-corrected chi connectivity index (χ1v) is 9.22. The van der Waals surface area contributed by atoms with E-state index in [0.29, 0.717) is 29.5 Å². The molecule has 2 aromatic rings. The van der Waals surface area contributed by atoms with Crippen LogP contribution >= 0.6 is 11.6 Å². The second kappa shape index (κ2) is 7.68. The maximum atomic E-state index is 11.9. The first-order valence-electron chi connectivity index (χ1n) is 8.84. The maximum absolute atomic E-state index is 11.9. The molecule has 3 rings (SSSR count). The van der Waals surface area contributed by atoms with Gasteiger partial charge >= 0.3 is 5.97 Å². The third kappa shape index (κ3) is 3.57. The molecular weight excluding hydrogens is 356 g/mol. The van der Waals surface area contributed by atoms with E-state index in [2.05, 4.69) is 12.1 Å². The van der Waals surface area contributed by atoms with E-state index in [1.54, 1.807) is 24.3 Å². The molecule has 2 heterocycles. The number of nitrogens with zero attached hydrogens (tertiary/aromatic N) is 2. The molecule has 1 saturated heterocycles. The van der Waals surface area contributed by atoms with Gasteiger partial charge in [0.25, 0.3) is 0 Å². The van der Waals surface area contributed by atoms with Gasteiger partial charge in [0.15, 0.2) is 17.1 Å². The van der Waals surface area contributed by atoms with Crippen LogP contribution < -0.4 is 4.90 Å². The van der Waals surface area contributed by atoms with E-state index < -0.39 is 5.97 Å². The minimum absolute atomic E-state index is 0.0688. The monoisotopic (exact) mass is 378 g/mol. The van der Waals surface area contributed by atoms with Gasteiger partial charge in [-0.15, -0.1) is 0 Å². The van der Waals surface area contributed by atoms with Gasteiger partial charge in [-0.3, -0.25) is 0 Å². The topological polar surface area (TPSA) is 86.8 Å². The zero-order chi connectivity index (χ0) is 18.7. The number of carboxylic acids is 1. The smallest absolute Gasteiger partial charge is 0.343 e. The molecule has 0 bridgehead atoms. The second-order valence-corrected chi connectivity index (χ2v) is 7.35. The largest absolute Gasteiger partial charge is 0.477 e. The van der Waals surface area contributed by atoms with E-state index in [1.165, 1.54) is 0 Å².